The van der Waals surface area contributed by atoms with E-state index in [1.54, 1.807) is 0 Å². The lowest BCUT2D eigenvalue weighted by molar-refractivity contribution is -0.166. The highest BCUT2D eigenvalue weighted by molar-refractivity contribution is 5.90. The van der Waals surface area contributed by atoms with Crippen LogP contribution in [-0.4, -0.2) is 58.3 Å². The number of nitrogens with two attached hydrogens (primary N) is 1. The molecule has 0 spiro atoms. The minimum Gasteiger partial charge on any atom is -0.463 e. The molecule has 1 aromatic heterocycles. The topological polar surface area (TPSA) is 166 Å². The number of amides is 1. The summed E-state index contributed by atoms with van der Waals surface area (Å²) in [4.78, 5) is 61.7. The molecule has 1 amide bonds. The number of hydrogen-bond donors (Lipinski definition) is 1. The summed E-state index contributed by atoms with van der Waals surface area (Å²) in [5.41, 5.74) is 3.68. The molecule has 152 valence electrons. The average Bonchev–Trinajstić information content (AvgIpc) is 2.89. The third-order valence-electron chi connectivity index (χ3n) is 3.72. The second-order valence-corrected chi connectivity index (χ2v) is 5.87. The van der Waals surface area contributed by atoms with Crippen LogP contribution in [0.1, 0.15) is 37.5 Å². The van der Waals surface area contributed by atoms with Gasteiger partial charge in [0.05, 0.1) is 0 Å². The molecule has 1 fully saturated rings. The highest BCUT2D eigenvalue weighted by Gasteiger charge is 2.51. The first kappa shape index (κ1) is 21.0. The maximum absolute atomic E-state index is 12.5. The zero-order chi connectivity index (χ0) is 21.0. The fourth-order valence-corrected chi connectivity index (χ4v) is 2.71. The summed E-state index contributed by atoms with van der Waals surface area (Å²) < 4.78 is 21.9. The van der Waals surface area contributed by atoms with Crippen molar-refractivity contribution >= 4 is 23.8 Å². The van der Waals surface area contributed by atoms with E-state index in [0.29, 0.717) is 0 Å². The molecule has 4 atom stereocenters. The van der Waals surface area contributed by atoms with Crippen LogP contribution in [0.2, 0.25) is 0 Å². The molecule has 4 unspecified atom stereocenters. The number of ether oxygens (including phenoxy) is 4. The SMILES string of the molecule is CC(=O)OCC1OC(n2ccnc(C(N)=O)c2=O)C(OC(C)=O)C1OC(C)=O. The fourth-order valence-electron chi connectivity index (χ4n) is 2.71. The lowest BCUT2D eigenvalue weighted by Gasteiger charge is -2.24. The molecule has 1 aliphatic rings. The van der Waals surface area contributed by atoms with Gasteiger partial charge in [-0.1, -0.05) is 0 Å². The van der Waals surface area contributed by atoms with E-state index in [0.717, 1.165) is 24.6 Å². The Morgan fingerprint density at radius 2 is 1.71 bits per heavy atom. The van der Waals surface area contributed by atoms with Crippen molar-refractivity contribution in [2.45, 2.75) is 45.3 Å². The summed E-state index contributed by atoms with van der Waals surface area (Å²) in [5.74, 6) is -3.12. The molecule has 12 heteroatoms. The van der Waals surface area contributed by atoms with E-state index >= 15 is 0 Å². The molecule has 1 aromatic rings. The number of nitrogens with zero attached hydrogens (tertiary/aromatic N) is 2. The second-order valence-electron chi connectivity index (χ2n) is 5.87. The highest BCUT2D eigenvalue weighted by atomic mass is 16.7. The summed E-state index contributed by atoms with van der Waals surface area (Å²) >= 11 is 0. The van der Waals surface area contributed by atoms with E-state index < -0.39 is 59.6 Å². The Morgan fingerprint density at radius 1 is 1.11 bits per heavy atom. The number of carbonyl (C=O) groups excluding carboxylic acids is 4. The Labute approximate surface area is 158 Å². The van der Waals surface area contributed by atoms with Gasteiger partial charge in [0.25, 0.3) is 11.5 Å². The van der Waals surface area contributed by atoms with Gasteiger partial charge in [0, 0.05) is 33.2 Å². The van der Waals surface area contributed by atoms with Crippen LogP contribution < -0.4 is 11.3 Å². The number of esters is 3. The maximum atomic E-state index is 12.5. The Hall–Kier alpha value is -3.28. The minimum absolute atomic E-state index is 0.329. The molecule has 0 aromatic carbocycles. The van der Waals surface area contributed by atoms with Crippen molar-refractivity contribution in [3.05, 3.63) is 28.4 Å². The number of aromatic nitrogens is 2. The monoisotopic (exact) mass is 397 g/mol. The van der Waals surface area contributed by atoms with Crippen molar-refractivity contribution < 1.29 is 38.1 Å². The van der Waals surface area contributed by atoms with Crippen LogP contribution in [-0.2, 0) is 33.3 Å². The van der Waals surface area contributed by atoms with Crippen LogP contribution in [0, 0.1) is 0 Å². The molecular weight excluding hydrogens is 378 g/mol. The summed E-state index contributed by atoms with van der Waals surface area (Å²) in [6, 6.07) is 0. The fraction of sp³-hybridized carbons (Fsp3) is 0.500. The van der Waals surface area contributed by atoms with Gasteiger partial charge in [-0.25, -0.2) is 4.98 Å². The standard InChI is InChI=1S/C16H19N3O9/c1-7(20)25-6-10-12(26-8(2)21)13(27-9(3)22)16(28-10)19-5-4-18-11(14(17)23)15(19)24/h4-5,10,12-13,16H,6H2,1-3H3,(H2,17,23). The predicted octanol–water partition coefficient (Wildman–Crippen LogP) is -1.33. The maximum Gasteiger partial charge on any atom is 0.303 e. The number of carbonyl (C=O) groups is 4. The molecule has 1 saturated heterocycles. The lowest BCUT2D eigenvalue weighted by Crippen LogP contribution is -2.42. The van der Waals surface area contributed by atoms with Crippen molar-refractivity contribution in [3.8, 4) is 0 Å². The smallest absolute Gasteiger partial charge is 0.303 e. The molecule has 2 N–H and O–H groups in total. The van der Waals surface area contributed by atoms with E-state index in [2.05, 4.69) is 4.98 Å². The molecular formula is C16H19N3O9. The summed E-state index contributed by atoms with van der Waals surface area (Å²) in [6.45, 7) is 3.09. The van der Waals surface area contributed by atoms with E-state index in [9.17, 15) is 24.0 Å². The van der Waals surface area contributed by atoms with Gasteiger partial charge in [0.15, 0.2) is 24.1 Å². The Kier molecular flexibility index (Phi) is 6.46. The van der Waals surface area contributed by atoms with Gasteiger partial charge in [0.1, 0.15) is 12.7 Å². The number of rotatable bonds is 6. The van der Waals surface area contributed by atoms with Gasteiger partial charge in [-0.3, -0.25) is 28.5 Å². The Bertz CT molecular complexity index is 850. The van der Waals surface area contributed by atoms with E-state index in [-0.39, 0.29) is 6.61 Å². The third-order valence-corrected chi connectivity index (χ3v) is 3.72. The molecule has 0 saturated carbocycles. The van der Waals surface area contributed by atoms with Gasteiger partial charge in [-0.2, -0.15) is 0 Å². The number of hydrogen-bond acceptors (Lipinski definition) is 10. The second kappa shape index (κ2) is 8.61. The van der Waals surface area contributed by atoms with Crippen LogP contribution in [0.15, 0.2) is 17.2 Å². The normalized spacial score (nSPS) is 23.7. The van der Waals surface area contributed by atoms with Gasteiger partial charge in [0.2, 0.25) is 0 Å². The first-order valence-electron chi connectivity index (χ1n) is 8.12. The quantitative estimate of drug-likeness (QED) is 0.448. The van der Waals surface area contributed by atoms with Crippen molar-refractivity contribution in [1.29, 1.82) is 0 Å². The van der Waals surface area contributed by atoms with Crippen LogP contribution in [0.5, 0.6) is 0 Å². The van der Waals surface area contributed by atoms with Gasteiger partial charge in [-0.15, -0.1) is 0 Å². The Morgan fingerprint density at radius 3 is 2.25 bits per heavy atom. The van der Waals surface area contributed by atoms with Gasteiger partial charge < -0.3 is 24.7 Å². The van der Waals surface area contributed by atoms with Crippen LogP contribution in [0.4, 0.5) is 0 Å². The molecule has 28 heavy (non-hydrogen) atoms. The first-order valence-corrected chi connectivity index (χ1v) is 8.12. The molecule has 1 aliphatic heterocycles. The molecule has 2 heterocycles. The van der Waals surface area contributed by atoms with Crippen molar-refractivity contribution in [2.75, 3.05) is 6.61 Å². The van der Waals surface area contributed by atoms with Crippen LogP contribution in [0.3, 0.4) is 0 Å². The highest BCUT2D eigenvalue weighted by Crippen LogP contribution is 2.33. The molecule has 12 nitrogen and oxygen atoms in total. The first-order chi connectivity index (χ1) is 13.1. The van der Waals surface area contributed by atoms with Crippen molar-refractivity contribution in [1.82, 2.24) is 9.55 Å². The Balaban J connectivity index is 2.48. The largest absolute Gasteiger partial charge is 0.463 e. The van der Waals surface area contributed by atoms with E-state index in [1.165, 1.54) is 13.1 Å². The number of primary amides is 1. The zero-order valence-electron chi connectivity index (χ0n) is 15.3. The third kappa shape index (κ3) is 4.71. The lowest BCUT2D eigenvalue weighted by atomic mass is 10.1. The minimum atomic E-state index is -1.29. The predicted molar refractivity (Wildman–Crippen MR) is 88.7 cm³/mol. The zero-order valence-corrected chi connectivity index (χ0v) is 15.3. The molecule has 2 rings (SSSR count). The molecule has 0 aliphatic carbocycles. The van der Waals surface area contributed by atoms with E-state index in [1.807, 2.05) is 0 Å². The molecule has 0 radical (unpaired) electrons. The summed E-state index contributed by atoms with van der Waals surface area (Å²) in [5, 5.41) is 0. The van der Waals surface area contributed by atoms with Crippen LogP contribution in [0.25, 0.3) is 0 Å². The van der Waals surface area contributed by atoms with E-state index in [4.69, 9.17) is 24.7 Å². The summed E-state index contributed by atoms with van der Waals surface area (Å²) in [7, 11) is 0. The van der Waals surface area contributed by atoms with Crippen LogP contribution >= 0.6 is 0 Å². The average molecular weight is 397 g/mol. The molecule has 0 bridgehead atoms. The van der Waals surface area contributed by atoms with Gasteiger partial charge in [-0.05, 0) is 0 Å². The van der Waals surface area contributed by atoms with Crippen molar-refractivity contribution in [3.63, 3.8) is 0 Å². The summed E-state index contributed by atoms with van der Waals surface area (Å²) in [6.07, 6.45) is -2.45. The van der Waals surface area contributed by atoms with Crippen molar-refractivity contribution in [2.24, 2.45) is 5.73 Å². The van der Waals surface area contributed by atoms with Gasteiger partial charge >= 0.3 is 17.9 Å².